The van der Waals surface area contributed by atoms with Crippen molar-refractivity contribution in [3.63, 3.8) is 0 Å². The maximum absolute atomic E-state index is 13.7. The first-order chi connectivity index (χ1) is 15.9. The Balaban J connectivity index is 1.98. The standard InChI is InChI=1S/C29H38N2O3/c1-19(2)28(33)34-25-16-20(3)15-21(4)27(25)29(5,6)17-26(32)31-18-22(13-14-30(7)8)23-11-9-10-12-24(23)31/h9-12,15-16,18-19H,13-14,17H2,1-8H3. The predicted octanol–water partition coefficient (Wildman–Crippen LogP) is 5.93. The highest BCUT2D eigenvalue weighted by Crippen LogP contribution is 2.39. The molecule has 0 aliphatic carbocycles. The molecule has 0 aliphatic heterocycles. The first-order valence-corrected chi connectivity index (χ1v) is 12.0. The van der Waals surface area contributed by atoms with Crippen LogP contribution in [0.15, 0.2) is 42.6 Å². The van der Waals surface area contributed by atoms with E-state index in [-0.39, 0.29) is 24.2 Å². The third kappa shape index (κ3) is 5.58. The number of nitrogens with zero attached hydrogens (tertiary/aromatic N) is 2. The van der Waals surface area contributed by atoms with Crippen molar-refractivity contribution in [3.8, 4) is 5.75 Å². The minimum atomic E-state index is -0.531. The summed E-state index contributed by atoms with van der Waals surface area (Å²) in [5.74, 6) is 0.0806. The molecule has 0 saturated heterocycles. The Morgan fingerprint density at radius 2 is 1.76 bits per heavy atom. The quantitative estimate of drug-likeness (QED) is 0.307. The Kier molecular flexibility index (Phi) is 7.67. The van der Waals surface area contributed by atoms with Crippen molar-refractivity contribution in [2.45, 2.75) is 59.8 Å². The molecule has 34 heavy (non-hydrogen) atoms. The summed E-state index contributed by atoms with van der Waals surface area (Å²) >= 11 is 0. The van der Waals surface area contributed by atoms with Gasteiger partial charge in [-0.25, -0.2) is 0 Å². The molecule has 1 heterocycles. The average molecular weight is 463 g/mol. The number of benzene rings is 2. The Morgan fingerprint density at radius 3 is 2.41 bits per heavy atom. The van der Waals surface area contributed by atoms with Crippen molar-refractivity contribution in [1.82, 2.24) is 9.47 Å². The third-order valence-electron chi connectivity index (χ3n) is 6.29. The largest absolute Gasteiger partial charge is 0.426 e. The number of aromatic nitrogens is 1. The van der Waals surface area contributed by atoms with Crippen LogP contribution in [0.3, 0.4) is 0 Å². The fourth-order valence-electron chi connectivity index (χ4n) is 4.65. The van der Waals surface area contributed by atoms with Crippen LogP contribution in [-0.2, 0) is 16.6 Å². The number of aryl methyl sites for hydroxylation is 2. The second kappa shape index (κ2) is 10.1. The third-order valence-corrected chi connectivity index (χ3v) is 6.29. The Bertz CT molecular complexity index is 1200. The van der Waals surface area contributed by atoms with Gasteiger partial charge in [-0.2, -0.15) is 0 Å². The van der Waals surface area contributed by atoms with Gasteiger partial charge in [0.25, 0.3) is 0 Å². The number of ether oxygens (including phenoxy) is 1. The number of esters is 1. The molecule has 2 aromatic carbocycles. The SMILES string of the molecule is Cc1cc(C)c(C(C)(C)CC(=O)n2cc(CCN(C)C)c3ccccc32)c(OC(=O)C(C)C)c1. The maximum atomic E-state index is 13.7. The molecule has 5 nitrogen and oxygen atoms in total. The summed E-state index contributed by atoms with van der Waals surface area (Å²) in [6.45, 7) is 12.7. The molecule has 0 spiro atoms. The number of carbonyl (C=O) groups excluding carboxylic acids is 2. The fraction of sp³-hybridized carbons (Fsp3) is 0.448. The summed E-state index contributed by atoms with van der Waals surface area (Å²) < 4.78 is 7.61. The van der Waals surface area contributed by atoms with E-state index in [1.807, 2.05) is 72.0 Å². The van der Waals surface area contributed by atoms with Crippen LogP contribution in [0, 0.1) is 19.8 Å². The van der Waals surface area contributed by atoms with Crippen LogP contribution >= 0.6 is 0 Å². The molecule has 0 N–H and O–H groups in total. The van der Waals surface area contributed by atoms with Gasteiger partial charge in [-0.15, -0.1) is 0 Å². The molecular formula is C29H38N2O3. The van der Waals surface area contributed by atoms with Gasteiger partial charge in [0.15, 0.2) is 0 Å². The van der Waals surface area contributed by atoms with Crippen molar-refractivity contribution in [1.29, 1.82) is 0 Å². The van der Waals surface area contributed by atoms with Crippen molar-refractivity contribution in [2.75, 3.05) is 20.6 Å². The monoisotopic (exact) mass is 462 g/mol. The lowest BCUT2D eigenvalue weighted by Gasteiger charge is -2.29. The number of fused-ring (bicyclic) bond motifs is 1. The van der Waals surface area contributed by atoms with Crippen molar-refractivity contribution in [3.05, 3.63) is 64.8 Å². The number of likely N-dealkylation sites (N-methyl/N-ethyl adjacent to an activating group) is 1. The summed E-state index contributed by atoms with van der Waals surface area (Å²) in [6.07, 6.45) is 3.16. The van der Waals surface area contributed by atoms with Crippen LogP contribution in [0.25, 0.3) is 10.9 Å². The first-order valence-electron chi connectivity index (χ1n) is 12.0. The number of para-hydroxylation sites is 1. The Morgan fingerprint density at radius 1 is 1.09 bits per heavy atom. The van der Waals surface area contributed by atoms with E-state index in [1.54, 1.807) is 4.57 Å². The highest BCUT2D eigenvalue weighted by Gasteiger charge is 2.31. The normalized spacial score (nSPS) is 12.1. The van der Waals surface area contributed by atoms with Gasteiger partial charge in [-0.1, -0.05) is 52.0 Å². The number of rotatable bonds is 8. The van der Waals surface area contributed by atoms with Crippen molar-refractivity contribution < 1.29 is 14.3 Å². The topological polar surface area (TPSA) is 51.5 Å². The molecule has 0 fully saturated rings. The zero-order chi connectivity index (χ0) is 25.2. The van der Waals surface area contributed by atoms with Crippen molar-refractivity contribution in [2.24, 2.45) is 5.92 Å². The molecule has 0 unspecified atom stereocenters. The van der Waals surface area contributed by atoms with E-state index in [1.165, 1.54) is 5.56 Å². The van der Waals surface area contributed by atoms with Crippen LogP contribution in [0.1, 0.15) is 61.2 Å². The van der Waals surface area contributed by atoms with Gasteiger partial charge < -0.3 is 9.64 Å². The fourth-order valence-corrected chi connectivity index (χ4v) is 4.65. The molecule has 3 aromatic rings. The zero-order valence-electron chi connectivity index (χ0n) is 21.9. The van der Waals surface area contributed by atoms with Gasteiger partial charge in [0.1, 0.15) is 5.75 Å². The van der Waals surface area contributed by atoms with Crippen LogP contribution < -0.4 is 4.74 Å². The molecule has 0 radical (unpaired) electrons. The molecule has 1 aromatic heterocycles. The second-order valence-electron chi connectivity index (χ2n) is 10.6. The van der Waals surface area contributed by atoms with E-state index in [0.29, 0.717) is 5.75 Å². The molecule has 0 saturated carbocycles. The lowest BCUT2D eigenvalue weighted by atomic mass is 9.78. The molecule has 3 rings (SSSR count). The lowest BCUT2D eigenvalue weighted by Crippen LogP contribution is -2.27. The average Bonchev–Trinajstić information content (AvgIpc) is 3.10. The smallest absolute Gasteiger partial charge is 0.313 e. The van der Waals surface area contributed by atoms with E-state index in [9.17, 15) is 9.59 Å². The molecule has 0 amide bonds. The van der Waals surface area contributed by atoms with Crippen molar-refractivity contribution >= 4 is 22.8 Å². The van der Waals surface area contributed by atoms with Gasteiger partial charge in [0.05, 0.1) is 11.4 Å². The summed E-state index contributed by atoms with van der Waals surface area (Å²) in [7, 11) is 4.11. The van der Waals surface area contributed by atoms with E-state index in [4.69, 9.17) is 4.74 Å². The predicted molar refractivity (Wildman–Crippen MR) is 139 cm³/mol. The molecular weight excluding hydrogens is 424 g/mol. The van der Waals surface area contributed by atoms with E-state index < -0.39 is 5.41 Å². The maximum Gasteiger partial charge on any atom is 0.313 e. The van der Waals surface area contributed by atoms with Gasteiger partial charge in [-0.3, -0.25) is 14.2 Å². The minimum Gasteiger partial charge on any atom is -0.426 e. The highest BCUT2D eigenvalue weighted by atomic mass is 16.5. The molecule has 5 heteroatoms. The lowest BCUT2D eigenvalue weighted by molar-refractivity contribution is -0.137. The van der Waals surface area contributed by atoms with E-state index >= 15 is 0 Å². The van der Waals surface area contributed by atoms with E-state index in [0.717, 1.165) is 40.6 Å². The molecule has 0 atom stereocenters. The first kappa shape index (κ1) is 25.7. The Labute approximate surface area is 203 Å². The Hall–Kier alpha value is -2.92. The summed E-state index contributed by atoms with van der Waals surface area (Å²) in [6, 6.07) is 12.1. The minimum absolute atomic E-state index is 0.0263. The van der Waals surface area contributed by atoms with Crippen LogP contribution in [0.2, 0.25) is 0 Å². The summed E-state index contributed by atoms with van der Waals surface area (Å²) in [5, 5.41) is 1.12. The van der Waals surface area contributed by atoms with Crippen LogP contribution in [0.5, 0.6) is 5.75 Å². The van der Waals surface area contributed by atoms with E-state index in [2.05, 4.69) is 31.1 Å². The number of hydrogen-bond donors (Lipinski definition) is 0. The molecule has 0 bridgehead atoms. The van der Waals surface area contributed by atoms with Gasteiger partial charge in [-0.05, 0) is 63.2 Å². The van der Waals surface area contributed by atoms with Crippen LogP contribution in [0.4, 0.5) is 0 Å². The molecule has 0 aliphatic rings. The second-order valence-corrected chi connectivity index (χ2v) is 10.6. The highest BCUT2D eigenvalue weighted by molar-refractivity contribution is 5.95. The molecule has 182 valence electrons. The summed E-state index contributed by atoms with van der Waals surface area (Å²) in [5.41, 5.74) is 4.53. The van der Waals surface area contributed by atoms with Gasteiger partial charge >= 0.3 is 5.97 Å². The number of hydrogen-bond acceptors (Lipinski definition) is 4. The van der Waals surface area contributed by atoms with Gasteiger partial charge in [0, 0.05) is 35.5 Å². The zero-order valence-corrected chi connectivity index (χ0v) is 21.9. The number of carbonyl (C=O) groups is 2. The van der Waals surface area contributed by atoms with Crippen LogP contribution in [-0.4, -0.2) is 42.0 Å². The summed E-state index contributed by atoms with van der Waals surface area (Å²) in [4.78, 5) is 28.2. The van der Waals surface area contributed by atoms with Gasteiger partial charge in [0.2, 0.25) is 5.91 Å².